The first-order valence-corrected chi connectivity index (χ1v) is 11.9. The molecule has 37 heavy (non-hydrogen) atoms. The van der Waals surface area contributed by atoms with Gasteiger partial charge in [-0.2, -0.15) is 5.48 Å². The Balaban J connectivity index is 2.18. The van der Waals surface area contributed by atoms with Crippen molar-refractivity contribution in [1.29, 1.82) is 0 Å². The van der Waals surface area contributed by atoms with Crippen molar-refractivity contribution in [2.45, 2.75) is 45.8 Å². The Morgan fingerprint density at radius 3 is 2.14 bits per heavy atom. The molecule has 12 heteroatoms. The molecule has 0 saturated heterocycles. The Morgan fingerprint density at radius 2 is 1.49 bits per heavy atom. The van der Waals surface area contributed by atoms with Gasteiger partial charge < -0.3 is 29.0 Å². The fourth-order valence-corrected chi connectivity index (χ4v) is 2.76. The molecule has 0 spiro atoms. The number of carbonyl (C=O) groups is 4. The van der Waals surface area contributed by atoms with Gasteiger partial charge in [0.05, 0.1) is 58.9 Å². The van der Waals surface area contributed by atoms with E-state index in [4.69, 9.17) is 23.8 Å². The largest absolute Gasteiger partial charge is 0.469 e. The fourth-order valence-electron chi connectivity index (χ4n) is 2.76. The van der Waals surface area contributed by atoms with E-state index in [9.17, 15) is 19.2 Å². The minimum Gasteiger partial charge on any atom is -0.469 e. The number of amides is 2. The maximum absolute atomic E-state index is 12.5. The molecule has 2 amide bonds. The van der Waals surface area contributed by atoms with Crippen LogP contribution in [0.4, 0.5) is 4.79 Å². The van der Waals surface area contributed by atoms with Crippen LogP contribution in [0.25, 0.3) is 0 Å². The summed E-state index contributed by atoms with van der Waals surface area (Å²) >= 11 is 0. The highest BCUT2D eigenvalue weighted by molar-refractivity contribution is 5.87. The van der Waals surface area contributed by atoms with E-state index in [1.54, 1.807) is 20.8 Å². The van der Waals surface area contributed by atoms with Crippen molar-refractivity contribution in [2.24, 2.45) is 5.92 Å². The Morgan fingerprint density at radius 1 is 0.865 bits per heavy atom. The molecule has 1 aromatic carbocycles. The number of rotatable bonds is 17. The van der Waals surface area contributed by atoms with Gasteiger partial charge in [-0.3, -0.25) is 19.2 Å². The van der Waals surface area contributed by atoms with Crippen LogP contribution in [0.3, 0.4) is 0 Å². The fraction of sp³-hybridized carbons (Fsp3) is 0.600. The predicted octanol–water partition coefficient (Wildman–Crippen LogP) is 1.90. The first kappa shape index (κ1) is 31.8. The van der Waals surface area contributed by atoms with Crippen LogP contribution >= 0.6 is 0 Å². The van der Waals surface area contributed by atoms with Crippen molar-refractivity contribution < 1.29 is 47.7 Å². The van der Waals surface area contributed by atoms with E-state index < -0.39 is 35.5 Å². The minimum atomic E-state index is -0.923. The molecule has 0 fully saturated rings. The third-order valence-corrected chi connectivity index (χ3v) is 4.47. The van der Waals surface area contributed by atoms with Gasteiger partial charge in [-0.1, -0.05) is 30.3 Å². The molecule has 0 saturated carbocycles. The van der Waals surface area contributed by atoms with E-state index in [-0.39, 0.29) is 59.0 Å². The molecule has 1 rings (SSSR count). The average Bonchev–Trinajstić information content (AvgIpc) is 2.84. The number of carbonyl (C=O) groups excluding carboxylic acids is 4. The summed E-state index contributed by atoms with van der Waals surface area (Å²) in [4.78, 5) is 52.7. The summed E-state index contributed by atoms with van der Waals surface area (Å²) in [5.41, 5.74) is 2.35. The van der Waals surface area contributed by atoms with Crippen LogP contribution in [0.2, 0.25) is 0 Å². The maximum Gasteiger partial charge on any atom is 0.431 e. The molecule has 208 valence electrons. The van der Waals surface area contributed by atoms with Gasteiger partial charge in [0, 0.05) is 6.54 Å². The summed E-state index contributed by atoms with van der Waals surface area (Å²) in [5, 5.41) is 2.64. The Labute approximate surface area is 217 Å². The summed E-state index contributed by atoms with van der Waals surface area (Å²) in [6.45, 7) is 6.59. The first-order valence-electron chi connectivity index (χ1n) is 11.9. The second kappa shape index (κ2) is 18.1. The van der Waals surface area contributed by atoms with Crippen LogP contribution in [-0.2, 0) is 49.5 Å². The lowest BCUT2D eigenvalue weighted by atomic mass is 10.0. The Bertz CT molecular complexity index is 827. The molecule has 1 aromatic rings. The molecule has 0 aliphatic carbocycles. The van der Waals surface area contributed by atoms with E-state index in [1.165, 1.54) is 7.11 Å². The number of hydrogen-bond donors (Lipinski definition) is 2. The van der Waals surface area contributed by atoms with Gasteiger partial charge in [-0.25, -0.2) is 4.79 Å². The zero-order chi connectivity index (χ0) is 27.5. The van der Waals surface area contributed by atoms with Crippen LogP contribution in [0, 0.1) is 5.92 Å². The number of nitrogens with one attached hydrogen (secondary N) is 2. The normalized spacial score (nSPS) is 11.8. The number of hydrogen-bond acceptors (Lipinski definition) is 10. The lowest BCUT2D eigenvalue weighted by molar-refractivity contribution is -0.150. The number of methoxy groups -OCH3 is 1. The van der Waals surface area contributed by atoms with Gasteiger partial charge in [0.15, 0.2) is 0 Å². The van der Waals surface area contributed by atoms with Crippen LogP contribution in [0.15, 0.2) is 30.3 Å². The molecule has 12 nitrogen and oxygen atoms in total. The highest BCUT2D eigenvalue weighted by Crippen LogP contribution is 2.13. The second-order valence-corrected chi connectivity index (χ2v) is 8.80. The van der Waals surface area contributed by atoms with Crippen molar-refractivity contribution in [3.05, 3.63) is 35.9 Å². The average molecular weight is 527 g/mol. The monoisotopic (exact) mass is 526 g/mol. The van der Waals surface area contributed by atoms with Gasteiger partial charge in [0.1, 0.15) is 12.2 Å². The van der Waals surface area contributed by atoms with E-state index in [0.717, 1.165) is 5.56 Å². The Kier molecular flexibility index (Phi) is 15.6. The minimum absolute atomic E-state index is 0.0779. The summed E-state index contributed by atoms with van der Waals surface area (Å²) in [7, 11) is 1.21. The molecular formula is C25H38N2O10. The molecule has 2 N–H and O–H groups in total. The van der Waals surface area contributed by atoms with E-state index in [2.05, 4.69) is 15.5 Å². The molecule has 0 bridgehead atoms. The summed E-state index contributed by atoms with van der Waals surface area (Å²) < 4.78 is 25.5. The van der Waals surface area contributed by atoms with Crippen molar-refractivity contribution in [1.82, 2.24) is 10.8 Å². The SMILES string of the molecule is COC(=O)C[C@H](CC(=O)OCc1ccccc1)C(=O)NCCOCCOCCONC(=O)OC(C)(C)C. The maximum atomic E-state index is 12.5. The summed E-state index contributed by atoms with van der Waals surface area (Å²) in [6.07, 6.45) is -1.19. The zero-order valence-corrected chi connectivity index (χ0v) is 21.9. The molecular weight excluding hydrogens is 488 g/mol. The second-order valence-electron chi connectivity index (χ2n) is 8.80. The smallest absolute Gasteiger partial charge is 0.431 e. The van der Waals surface area contributed by atoms with Crippen molar-refractivity contribution >= 4 is 23.9 Å². The Hall–Kier alpha value is -3.22. The first-order chi connectivity index (χ1) is 17.6. The molecule has 0 radical (unpaired) electrons. The summed E-state index contributed by atoms with van der Waals surface area (Å²) in [5.74, 6) is -2.59. The van der Waals surface area contributed by atoms with Crippen molar-refractivity contribution in [3.63, 3.8) is 0 Å². The number of hydroxylamine groups is 1. The molecule has 0 aliphatic rings. The van der Waals surface area contributed by atoms with Gasteiger partial charge in [-0.15, -0.1) is 0 Å². The van der Waals surface area contributed by atoms with Gasteiger partial charge >= 0.3 is 18.0 Å². The zero-order valence-electron chi connectivity index (χ0n) is 21.9. The van der Waals surface area contributed by atoms with Gasteiger partial charge in [0.25, 0.3) is 0 Å². The van der Waals surface area contributed by atoms with Crippen LogP contribution < -0.4 is 10.8 Å². The van der Waals surface area contributed by atoms with Crippen molar-refractivity contribution in [3.8, 4) is 0 Å². The quantitative estimate of drug-likeness (QED) is 0.133. The molecule has 0 unspecified atom stereocenters. The van der Waals surface area contributed by atoms with Gasteiger partial charge in [0.2, 0.25) is 5.91 Å². The third kappa shape index (κ3) is 17.0. The van der Waals surface area contributed by atoms with Gasteiger partial charge in [-0.05, 0) is 26.3 Å². The molecule has 0 heterocycles. The standard InChI is InChI=1S/C25H38N2O10/c1-25(2,3)37-24(31)27-36-15-14-34-13-12-33-11-10-26-23(30)20(16-21(28)32-4)17-22(29)35-18-19-8-6-5-7-9-19/h5-9,20H,10-18H2,1-4H3,(H,26,30)(H,27,31)/t20-/m1/s1. The van der Waals surface area contributed by atoms with E-state index in [1.807, 2.05) is 30.3 Å². The number of esters is 2. The highest BCUT2D eigenvalue weighted by atomic mass is 16.7. The molecule has 0 aliphatic heterocycles. The van der Waals surface area contributed by atoms with Crippen LogP contribution in [0.1, 0.15) is 39.2 Å². The lowest BCUT2D eigenvalue weighted by Gasteiger charge is -2.19. The topological polar surface area (TPSA) is 148 Å². The molecule has 0 aromatic heterocycles. The van der Waals surface area contributed by atoms with E-state index in [0.29, 0.717) is 0 Å². The number of ether oxygens (including phenoxy) is 5. The van der Waals surface area contributed by atoms with Crippen molar-refractivity contribution in [2.75, 3.05) is 46.7 Å². The highest BCUT2D eigenvalue weighted by Gasteiger charge is 2.26. The van der Waals surface area contributed by atoms with E-state index >= 15 is 0 Å². The summed E-state index contributed by atoms with van der Waals surface area (Å²) in [6, 6.07) is 9.13. The van der Waals surface area contributed by atoms with Crippen LogP contribution in [-0.4, -0.2) is 76.2 Å². The third-order valence-electron chi connectivity index (χ3n) is 4.47. The lowest BCUT2D eigenvalue weighted by Crippen LogP contribution is -2.36. The predicted molar refractivity (Wildman–Crippen MR) is 131 cm³/mol. The van der Waals surface area contributed by atoms with Crippen LogP contribution in [0.5, 0.6) is 0 Å². The molecule has 1 atom stereocenters. The number of benzene rings is 1.